The van der Waals surface area contributed by atoms with E-state index in [2.05, 4.69) is 26.0 Å². The Morgan fingerprint density at radius 3 is 2.36 bits per heavy atom. The molecular weight excluding hydrogens is 170 g/mol. The van der Waals surface area contributed by atoms with Gasteiger partial charge in [0.1, 0.15) is 0 Å². The Hall–Kier alpha value is -0.770. The minimum absolute atomic E-state index is 0.473. The number of nitriles is 1. The summed E-state index contributed by atoms with van der Waals surface area (Å²) in [5, 5.41) is 9.12. The number of allylic oxidation sites excluding steroid dienone is 2. The maximum absolute atomic E-state index is 9.12. The van der Waals surface area contributed by atoms with E-state index in [4.69, 9.17) is 5.26 Å². The van der Waals surface area contributed by atoms with Crippen LogP contribution in [0, 0.1) is 28.6 Å². The summed E-state index contributed by atoms with van der Waals surface area (Å²) in [5.74, 6) is 1.27. The summed E-state index contributed by atoms with van der Waals surface area (Å²) >= 11 is 0. The molecule has 0 heterocycles. The van der Waals surface area contributed by atoms with Crippen LogP contribution in [0.4, 0.5) is 0 Å². The van der Waals surface area contributed by atoms with Gasteiger partial charge in [0, 0.05) is 5.57 Å². The van der Waals surface area contributed by atoms with Crippen LogP contribution in [0.1, 0.15) is 46.0 Å². The Morgan fingerprint density at radius 2 is 1.93 bits per heavy atom. The van der Waals surface area contributed by atoms with Crippen molar-refractivity contribution in [1.82, 2.24) is 0 Å². The summed E-state index contributed by atoms with van der Waals surface area (Å²) in [5.41, 5.74) is 1.55. The van der Waals surface area contributed by atoms with Gasteiger partial charge in [-0.15, -0.1) is 0 Å². The van der Waals surface area contributed by atoms with Gasteiger partial charge in [-0.05, 0) is 36.5 Å². The molecule has 0 spiro atoms. The second kappa shape index (κ2) is 3.42. The molecule has 0 saturated heterocycles. The van der Waals surface area contributed by atoms with Crippen molar-refractivity contribution in [3.63, 3.8) is 0 Å². The van der Waals surface area contributed by atoms with Crippen LogP contribution in [0.5, 0.6) is 0 Å². The molecule has 0 aromatic rings. The molecule has 0 N–H and O–H groups in total. The zero-order valence-corrected chi connectivity index (χ0v) is 9.21. The molecule has 2 aliphatic carbocycles. The predicted molar refractivity (Wildman–Crippen MR) is 57.5 cm³/mol. The fourth-order valence-electron chi connectivity index (χ4n) is 2.51. The van der Waals surface area contributed by atoms with Crippen molar-refractivity contribution in [3.8, 4) is 6.07 Å². The number of hydrogen-bond donors (Lipinski definition) is 0. The molecule has 0 aromatic carbocycles. The lowest BCUT2D eigenvalue weighted by molar-refractivity contribution is 0.599. The van der Waals surface area contributed by atoms with Gasteiger partial charge in [-0.25, -0.2) is 0 Å². The maximum Gasteiger partial charge on any atom is 0.0946 e. The van der Waals surface area contributed by atoms with Crippen LogP contribution < -0.4 is 0 Å². The normalized spacial score (nSPS) is 31.5. The van der Waals surface area contributed by atoms with Gasteiger partial charge >= 0.3 is 0 Å². The van der Waals surface area contributed by atoms with Crippen molar-refractivity contribution >= 4 is 0 Å². The van der Waals surface area contributed by atoms with E-state index in [1.165, 1.54) is 32.1 Å². The topological polar surface area (TPSA) is 23.8 Å². The Bertz CT molecular complexity index is 287. The first-order chi connectivity index (χ1) is 6.63. The molecule has 14 heavy (non-hydrogen) atoms. The van der Waals surface area contributed by atoms with Gasteiger partial charge < -0.3 is 0 Å². The third kappa shape index (κ3) is 1.85. The molecule has 0 radical (unpaired) electrons. The van der Waals surface area contributed by atoms with Crippen molar-refractivity contribution in [3.05, 3.63) is 11.6 Å². The van der Waals surface area contributed by atoms with Crippen LogP contribution in [0.3, 0.4) is 0 Å². The minimum Gasteiger partial charge on any atom is -0.193 e. The summed E-state index contributed by atoms with van der Waals surface area (Å²) in [7, 11) is 0. The van der Waals surface area contributed by atoms with E-state index in [1.54, 1.807) is 0 Å². The highest BCUT2D eigenvalue weighted by molar-refractivity contribution is 5.28. The van der Waals surface area contributed by atoms with Crippen LogP contribution in [0.15, 0.2) is 11.6 Å². The minimum atomic E-state index is 0.473. The van der Waals surface area contributed by atoms with Crippen molar-refractivity contribution < 1.29 is 0 Å². The lowest BCUT2D eigenvalue weighted by Crippen LogP contribution is -1.98. The summed E-state index contributed by atoms with van der Waals surface area (Å²) in [6, 6.07) is 2.41. The van der Waals surface area contributed by atoms with E-state index in [-0.39, 0.29) is 0 Å². The van der Waals surface area contributed by atoms with Crippen molar-refractivity contribution in [2.24, 2.45) is 17.3 Å². The fraction of sp³-hybridized carbons (Fsp3) is 0.769. The molecule has 2 rings (SSSR count). The quantitative estimate of drug-likeness (QED) is 0.608. The monoisotopic (exact) mass is 189 g/mol. The molecular formula is C13H19N. The van der Waals surface area contributed by atoms with Gasteiger partial charge in [-0.1, -0.05) is 32.8 Å². The van der Waals surface area contributed by atoms with Crippen LogP contribution in [0.2, 0.25) is 0 Å². The van der Waals surface area contributed by atoms with Gasteiger partial charge in [-0.2, -0.15) is 5.26 Å². The van der Waals surface area contributed by atoms with Crippen LogP contribution in [-0.2, 0) is 0 Å². The van der Waals surface area contributed by atoms with Crippen LogP contribution in [-0.4, -0.2) is 0 Å². The van der Waals surface area contributed by atoms with Crippen molar-refractivity contribution in [2.45, 2.75) is 46.0 Å². The third-order valence-electron chi connectivity index (χ3n) is 3.89. The lowest BCUT2D eigenvalue weighted by atomic mass is 9.96. The molecule has 0 aromatic heterocycles. The molecule has 1 heteroatoms. The van der Waals surface area contributed by atoms with E-state index >= 15 is 0 Å². The highest BCUT2D eigenvalue weighted by atomic mass is 14.5. The molecule has 2 saturated carbocycles. The van der Waals surface area contributed by atoms with Gasteiger partial charge in [-0.3, -0.25) is 0 Å². The van der Waals surface area contributed by atoms with Crippen LogP contribution >= 0.6 is 0 Å². The highest BCUT2D eigenvalue weighted by Gasteiger charge is 2.44. The largest absolute Gasteiger partial charge is 0.193 e. The summed E-state index contributed by atoms with van der Waals surface area (Å²) in [6.45, 7) is 4.58. The predicted octanol–water partition coefficient (Wildman–Crippen LogP) is 3.67. The molecule has 2 aliphatic rings. The first-order valence-corrected chi connectivity index (χ1v) is 5.75. The summed E-state index contributed by atoms with van der Waals surface area (Å²) in [4.78, 5) is 0. The first-order valence-electron chi connectivity index (χ1n) is 5.75. The second-order valence-electron chi connectivity index (χ2n) is 5.51. The molecule has 76 valence electrons. The molecule has 1 atom stereocenters. The molecule has 0 aliphatic heterocycles. The first kappa shape index (κ1) is 9.77. The van der Waals surface area contributed by atoms with Gasteiger partial charge in [0.05, 0.1) is 6.07 Å². The lowest BCUT2D eigenvalue weighted by Gasteiger charge is -2.07. The maximum atomic E-state index is 9.12. The van der Waals surface area contributed by atoms with E-state index < -0.39 is 0 Å². The Balaban J connectivity index is 2.03. The van der Waals surface area contributed by atoms with E-state index in [1.807, 2.05) is 0 Å². The van der Waals surface area contributed by atoms with Gasteiger partial charge in [0.25, 0.3) is 0 Å². The molecule has 1 nitrogen and oxygen atoms in total. The fourth-order valence-corrected chi connectivity index (χ4v) is 2.51. The molecule has 0 bridgehead atoms. The van der Waals surface area contributed by atoms with E-state index in [0.717, 1.165) is 5.57 Å². The third-order valence-corrected chi connectivity index (χ3v) is 3.89. The number of rotatable bonds is 2. The Morgan fingerprint density at radius 1 is 1.36 bits per heavy atom. The zero-order valence-electron chi connectivity index (χ0n) is 9.21. The Labute approximate surface area is 86.8 Å². The average molecular weight is 189 g/mol. The standard InChI is InChI=1S/C13H19N/c1-13(2)8-12(13)7-11(9-14)10-5-3-4-6-10/h7,10,12H,3-6,8H2,1-2H3/b11-7-. The average Bonchev–Trinajstić information content (AvgIpc) is 2.59. The number of hydrogen-bond acceptors (Lipinski definition) is 1. The molecule has 0 amide bonds. The zero-order chi connectivity index (χ0) is 10.2. The molecule has 2 fully saturated rings. The summed E-state index contributed by atoms with van der Waals surface area (Å²) in [6.07, 6.45) is 8.65. The van der Waals surface area contributed by atoms with Crippen molar-refractivity contribution in [2.75, 3.05) is 0 Å². The van der Waals surface area contributed by atoms with E-state index in [9.17, 15) is 0 Å². The van der Waals surface area contributed by atoms with Crippen LogP contribution in [0.25, 0.3) is 0 Å². The SMILES string of the molecule is CC1(C)CC1/C=C(/C#N)C1CCCC1. The van der Waals surface area contributed by atoms with Gasteiger partial charge in [0.15, 0.2) is 0 Å². The Kier molecular flexibility index (Phi) is 2.39. The molecule has 1 unspecified atom stereocenters. The second-order valence-corrected chi connectivity index (χ2v) is 5.51. The van der Waals surface area contributed by atoms with Crippen molar-refractivity contribution in [1.29, 1.82) is 5.26 Å². The number of nitrogens with zero attached hydrogens (tertiary/aromatic N) is 1. The highest BCUT2D eigenvalue weighted by Crippen LogP contribution is 2.53. The summed E-state index contributed by atoms with van der Waals surface area (Å²) < 4.78 is 0. The van der Waals surface area contributed by atoms with E-state index in [0.29, 0.717) is 17.3 Å². The van der Waals surface area contributed by atoms with Gasteiger partial charge in [0.2, 0.25) is 0 Å². The smallest absolute Gasteiger partial charge is 0.0946 e.